The Morgan fingerprint density at radius 3 is 2.58 bits per heavy atom. The fourth-order valence-electron chi connectivity index (χ4n) is 1.83. The van der Waals surface area contributed by atoms with E-state index in [4.69, 9.17) is 4.74 Å². The smallest absolute Gasteiger partial charge is 0.160 e. The van der Waals surface area contributed by atoms with Gasteiger partial charge in [-0.25, -0.2) is 0 Å². The van der Waals surface area contributed by atoms with Crippen molar-refractivity contribution in [1.29, 1.82) is 0 Å². The van der Waals surface area contributed by atoms with Gasteiger partial charge >= 0.3 is 0 Å². The monoisotopic (exact) mass is 171 g/mol. The van der Waals surface area contributed by atoms with E-state index in [1.807, 2.05) is 13.8 Å². The van der Waals surface area contributed by atoms with Crippen molar-refractivity contribution in [2.45, 2.75) is 45.4 Å². The summed E-state index contributed by atoms with van der Waals surface area (Å²) in [5, 5.41) is 3.34. The van der Waals surface area contributed by atoms with Gasteiger partial charge in [0.25, 0.3) is 0 Å². The molecule has 0 saturated carbocycles. The fourth-order valence-corrected chi connectivity index (χ4v) is 1.83. The maximum atomic E-state index is 11.2. The predicted molar refractivity (Wildman–Crippen MR) is 47.1 cm³/mol. The summed E-state index contributed by atoms with van der Waals surface area (Å²) in [6.45, 7) is 8.24. The third kappa shape index (κ3) is 1.84. The first-order valence-corrected chi connectivity index (χ1v) is 4.33. The van der Waals surface area contributed by atoms with E-state index in [-0.39, 0.29) is 17.4 Å². The van der Waals surface area contributed by atoms with Crippen LogP contribution in [-0.2, 0) is 9.53 Å². The highest BCUT2D eigenvalue weighted by Gasteiger charge is 2.38. The first-order valence-electron chi connectivity index (χ1n) is 4.33. The fraction of sp³-hybridized carbons (Fsp3) is 0.889. The highest BCUT2D eigenvalue weighted by atomic mass is 16.5. The molecule has 2 atom stereocenters. The number of Topliss-reactive ketones (excluding diaryl/α,β-unsaturated/α-hetero) is 1. The van der Waals surface area contributed by atoms with E-state index in [2.05, 4.69) is 12.2 Å². The van der Waals surface area contributed by atoms with Gasteiger partial charge in [0.2, 0.25) is 0 Å². The molecule has 0 radical (unpaired) electrons. The Balaban J connectivity index is 2.70. The molecule has 1 aliphatic rings. The van der Waals surface area contributed by atoms with Crippen molar-refractivity contribution < 1.29 is 9.53 Å². The largest absolute Gasteiger partial charge is 0.367 e. The second-order valence-corrected chi connectivity index (χ2v) is 4.09. The molecule has 0 aliphatic carbocycles. The Morgan fingerprint density at radius 1 is 1.58 bits per heavy atom. The van der Waals surface area contributed by atoms with Crippen LogP contribution < -0.4 is 5.32 Å². The van der Waals surface area contributed by atoms with E-state index < -0.39 is 0 Å². The molecule has 3 heteroatoms. The molecule has 1 heterocycles. The van der Waals surface area contributed by atoms with Crippen LogP contribution in [0.5, 0.6) is 0 Å². The molecule has 3 nitrogen and oxygen atoms in total. The lowest BCUT2D eigenvalue weighted by atomic mass is 9.91. The maximum absolute atomic E-state index is 11.2. The molecule has 1 rings (SSSR count). The maximum Gasteiger partial charge on any atom is 0.160 e. The van der Waals surface area contributed by atoms with Crippen LogP contribution in [0.25, 0.3) is 0 Å². The first kappa shape index (κ1) is 9.68. The van der Waals surface area contributed by atoms with Gasteiger partial charge in [-0.05, 0) is 27.7 Å². The van der Waals surface area contributed by atoms with Crippen molar-refractivity contribution >= 4 is 5.78 Å². The van der Waals surface area contributed by atoms with Gasteiger partial charge in [0.1, 0.15) is 6.10 Å². The zero-order chi connectivity index (χ0) is 9.35. The lowest BCUT2D eigenvalue weighted by molar-refractivity contribution is -0.139. The number of hydrogen-bond acceptors (Lipinski definition) is 3. The summed E-state index contributed by atoms with van der Waals surface area (Å²) in [4.78, 5) is 11.2. The number of carbonyl (C=O) groups is 1. The van der Waals surface area contributed by atoms with Crippen LogP contribution in [0.2, 0.25) is 0 Å². The summed E-state index contributed by atoms with van der Waals surface area (Å²) < 4.78 is 5.45. The highest BCUT2D eigenvalue weighted by molar-refractivity contribution is 5.82. The highest BCUT2D eigenvalue weighted by Crippen LogP contribution is 2.19. The average Bonchev–Trinajstić information content (AvgIpc) is 1.82. The number of carbonyl (C=O) groups excluding carboxylic acids is 1. The molecule has 0 aromatic rings. The minimum Gasteiger partial charge on any atom is -0.367 e. The molecule has 70 valence electrons. The molecule has 0 aromatic heterocycles. The Kier molecular flexibility index (Phi) is 2.54. The van der Waals surface area contributed by atoms with Gasteiger partial charge in [-0.15, -0.1) is 0 Å². The van der Waals surface area contributed by atoms with E-state index in [9.17, 15) is 4.79 Å². The van der Waals surface area contributed by atoms with Gasteiger partial charge in [0, 0.05) is 11.6 Å². The van der Waals surface area contributed by atoms with Crippen molar-refractivity contribution in [2.75, 3.05) is 6.61 Å². The molecule has 1 N–H and O–H groups in total. The van der Waals surface area contributed by atoms with Gasteiger partial charge in [-0.3, -0.25) is 4.79 Å². The Morgan fingerprint density at radius 2 is 2.17 bits per heavy atom. The summed E-state index contributed by atoms with van der Waals surface area (Å²) in [6, 6.07) is 0.329. The van der Waals surface area contributed by atoms with Gasteiger partial charge in [-0.2, -0.15) is 0 Å². The van der Waals surface area contributed by atoms with Crippen LogP contribution in [0.1, 0.15) is 27.7 Å². The third-order valence-electron chi connectivity index (χ3n) is 2.16. The van der Waals surface area contributed by atoms with Crippen LogP contribution in [0.15, 0.2) is 0 Å². The standard InChI is InChI=1S/C9H17NO2/c1-6-5-12-8(7(2)11)9(3,4)10-6/h6,8,10H,5H2,1-4H3. The quantitative estimate of drug-likeness (QED) is 0.632. The van der Waals surface area contributed by atoms with Crippen LogP contribution in [-0.4, -0.2) is 30.1 Å². The summed E-state index contributed by atoms with van der Waals surface area (Å²) in [5.74, 6) is 0.0967. The normalized spacial score (nSPS) is 34.7. The van der Waals surface area contributed by atoms with Gasteiger partial charge in [0.05, 0.1) is 6.61 Å². The topological polar surface area (TPSA) is 38.3 Å². The van der Waals surface area contributed by atoms with E-state index in [0.717, 1.165) is 0 Å². The molecule has 1 fully saturated rings. The van der Waals surface area contributed by atoms with Crippen molar-refractivity contribution in [3.05, 3.63) is 0 Å². The SMILES string of the molecule is CC(=O)C1OCC(C)NC1(C)C. The van der Waals surface area contributed by atoms with E-state index >= 15 is 0 Å². The zero-order valence-electron chi connectivity index (χ0n) is 8.18. The summed E-state index contributed by atoms with van der Waals surface area (Å²) in [6.07, 6.45) is -0.298. The predicted octanol–water partition coefficient (Wildman–Crippen LogP) is 0.731. The van der Waals surface area contributed by atoms with Crippen LogP contribution in [0.3, 0.4) is 0 Å². The van der Waals surface area contributed by atoms with Crippen LogP contribution in [0.4, 0.5) is 0 Å². The molecule has 12 heavy (non-hydrogen) atoms. The van der Waals surface area contributed by atoms with Crippen molar-refractivity contribution in [1.82, 2.24) is 5.32 Å². The molecule has 1 saturated heterocycles. The number of hydrogen-bond donors (Lipinski definition) is 1. The van der Waals surface area contributed by atoms with Gasteiger partial charge in [0.15, 0.2) is 5.78 Å². The van der Waals surface area contributed by atoms with E-state index in [1.54, 1.807) is 6.92 Å². The molecule has 0 spiro atoms. The first-order chi connectivity index (χ1) is 5.43. The minimum atomic E-state index is -0.298. The summed E-state index contributed by atoms with van der Waals surface area (Å²) >= 11 is 0. The molecule has 0 bridgehead atoms. The number of ether oxygens (including phenoxy) is 1. The van der Waals surface area contributed by atoms with Crippen LogP contribution >= 0.6 is 0 Å². The number of nitrogens with one attached hydrogen (secondary N) is 1. The Bertz CT molecular complexity index is 189. The third-order valence-corrected chi connectivity index (χ3v) is 2.16. The number of rotatable bonds is 1. The average molecular weight is 171 g/mol. The lowest BCUT2D eigenvalue weighted by Gasteiger charge is -2.41. The summed E-state index contributed by atoms with van der Waals surface area (Å²) in [7, 11) is 0. The molecule has 2 unspecified atom stereocenters. The van der Waals surface area contributed by atoms with E-state index in [1.165, 1.54) is 0 Å². The second-order valence-electron chi connectivity index (χ2n) is 4.09. The minimum absolute atomic E-state index is 0.0967. The lowest BCUT2D eigenvalue weighted by Crippen LogP contribution is -2.62. The Labute approximate surface area is 73.5 Å². The second kappa shape index (κ2) is 3.15. The zero-order valence-corrected chi connectivity index (χ0v) is 8.18. The molecule has 1 aliphatic heterocycles. The van der Waals surface area contributed by atoms with Gasteiger partial charge < -0.3 is 10.1 Å². The van der Waals surface area contributed by atoms with E-state index in [0.29, 0.717) is 12.6 Å². The van der Waals surface area contributed by atoms with Crippen molar-refractivity contribution in [2.24, 2.45) is 0 Å². The van der Waals surface area contributed by atoms with Gasteiger partial charge in [-0.1, -0.05) is 0 Å². The molecule has 0 aromatic carbocycles. The summed E-state index contributed by atoms with van der Waals surface area (Å²) in [5.41, 5.74) is -0.233. The number of ketones is 1. The molecular formula is C9H17NO2. The number of morpholine rings is 1. The molecular weight excluding hydrogens is 154 g/mol. The van der Waals surface area contributed by atoms with Crippen molar-refractivity contribution in [3.63, 3.8) is 0 Å². The van der Waals surface area contributed by atoms with Crippen LogP contribution in [0, 0.1) is 0 Å². The van der Waals surface area contributed by atoms with Crippen molar-refractivity contribution in [3.8, 4) is 0 Å². The molecule has 0 amide bonds. The Hall–Kier alpha value is -0.410.